The molecule has 0 unspecified atom stereocenters. The summed E-state index contributed by atoms with van der Waals surface area (Å²) in [6.45, 7) is 2.12. The molecule has 0 aliphatic rings. The zero-order valence-corrected chi connectivity index (χ0v) is 15.3. The first-order valence-corrected chi connectivity index (χ1v) is 7.17. The summed E-state index contributed by atoms with van der Waals surface area (Å²) in [5, 5.41) is 6.31. The summed E-state index contributed by atoms with van der Waals surface area (Å²) < 4.78 is 28.2. The van der Waals surface area contributed by atoms with Crippen molar-refractivity contribution < 1.29 is 8.78 Å². The molecule has 1 aromatic heterocycles. The molecule has 126 valence electrons. The fourth-order valence-electron chi connectivity index (χ4n) is 2.12. The van der Waals surface area contributed by atoms with Crippen molar-refractivity contribution in [1.29, 1.82) is 0 Å². The van der Waals surface area contributed by atoms with Crippen LogP contribution in [0, 0.1) is 11.6 Å². The van der Waals surface area contributed by atoms with Crippen molar-refractivity contribution in [3.63, 3.8) is 0 Å². The Morgan fingerprint density at radius 2 is 1.65 bits per heavy atom. The van der Waals surface area contributed by atoms with Gasteiger partial charge in [0.25, 0.3) is 0 Å². The predicted molar refractivity (Wildman–Crippen MR) is 99.3 cm³/mol. The van der Waals surface area contributed by atoms with Crippen LogP contribution < -0.4 is 10.6 Å². The normalized spacial score (nSPS) is 11.0. The van der Waals surface area contributed by atoms with Crippen LogP contribution in [0.1, 0.15) is 5.56 Å². The molecule has 7 heteroatoms. The first kappa shape index (κ1) is 19.4. The second-order valence-corrected chi connectivity index (χ2v) is 4.87. The fourth-order valence-corrected chi connectivity index (χ4v) is 2.12. The Balaban J connectivity index is 0.00000264. The zero-order chi connectivity index (χ0) is 15.8. The van der Waals surface area contributed by atoms with Crippen LogP contribution in [0.2, 0.25) is 0 Å². The molecular weight excluding hydrogens is 413 g/mol. The molecule has 2 rings (SSSR count). The summed E-state index contributed by atoms with van der Waals surface area (Å²) in [6, 6.07) is 7.51. The van der Waals surface area contributed by atoms with E-state index in [1.165, 1.54) is 12.1 Å². The Hall–Kier alpha value is -1.64. The third-order valence-corrected chi connectivity index (χ3v) is 3.18. The Morgan fingerprint density at radius 1 is 1.04 bits per heavy atom. The van der Waals surface area contributed by atoms with Gasteiger partial charge in [0.05, 0.1) is 0 Å². The lowest BCUT2D eigenvalue weighted by Gasteiger charge is -2.12. The maximum atomic E-state index is 13.1. The Labute approximate surface area is 152 Å². The molecule has 2 N–H and O–H groups in total. The van der Waals surface area contributed by atoms with Crippen molar-refractivity contribution in [1.82, 2.24) is 15.2 Å². The first-order chi connectivity index (χ1) is 10.7. The van der Waals surface area contributed by atoms with E-state index in [9.17, 15) is 8.78 Å². The summed E-state index contributed by atoms with van der Waals surface area (Å²) in [4.78, 5) is 4.11. The minimum absolute atomic E-state index is 0. The molecule has 0 saturated carbocycles. The molecule has 1 heterocycles. The molecule has 0 fully saturated rings. The highest BCUT2D eigenvalue weighted by atomic mass is 127. The maximum absolute atomic E-state index is 13.1. The van der Waals surface area contributed by atoms with Gasteiger partial charge in [0.15, 0.2) is 5.96 Å². The molecule has 0 bridgehead atoms. The molecule has 0 saturated heterocycles. The van der Waals surface area contributed by atoms with E-state index in [0.29, 0.717) is 24.5 Å². The van der Waals surface area contributed by atoms with E-state index in [2.05, 4.69) is 20.2 Å². The lowest BCUT2D eigenvalue weighted by Crippen LogP contribution is -2.39. The van der Waals surface area contributed by atoms with Crippen LogP contribution in [-0.2, 0) is 13.0 Å². The second kappa shape index (κ2) is 10.2. The molecule has 0 aliphatic heterocycles. The number of aliphatic imine (C=N–C) groups is 1. The number of benzene rings is 1. The smallest absolute Gasteiger partial charge is 0.191 e. The Morgan fingerprint density at radius 3 is 2.26 bits per heavy atom. The standard InChI is InChI=1S/C16H20F2N4.HI/c1-19-16(21-6-9-22-7-2-3-8-22)20-5-4-13-10-14(17)12-15(18)11-13;/h2-3,7-8,10-12H,4-6,9H2,1H3,(H2,19,20,21);1H. The average molecular weight is 434 g/mol. The topological polar surface area (TPSA) is 41.4 Å². The molecule has 4 nitrogen and oxygen atoms in total. The number of aromatic nitrogens is 1. The van der Waals surface area contributed by atoms with Gasteiger partial charge in [-0.25, -0.2) is 8.78 Å². The van der Waals surface area contributed by atoms with Crippen LogP contribution in [0.4, 0.5) is 8.78 Å². The summed E-state index contributed by atoms with van der Waals surface area (Å²) in [6.07, 6.45) is 4.51. The molecule has 0 atom stereocenters. The molecule has 0 aliphatic carbocycles. The third kappa shape index (κ3) is 6.98. The number of nitrogens with zero attached hydrogens (tertiary/aromatic N) is 2. The number of hydrogen-bond acceptors (Lipinski definition) is 1. The van der Waals surface area contributed by atoms with Crippen LogP contribution in [0.15, 0.2) is 47.7 Å². The fraction of sp³-hybridized carbons (Fsp3) is 0.312. The van der Waals surface area contributed by atoms with E-state index in [-0.39, 0.29) is 24.0 Å². The van der Waals surface area contributed by atoms with E-state index in [1.54, 1.807) is 7.05 Å². The number of hydrogen-bond donors (Lipinski definition) is 2. The molecule has 1 aromatic carbocycles. The SMILES string of the molecule is CN=C(NCCc1cc(F)cc(F)c1)NCCn1cccc1.I. The van der Waals surface area contributed by atoms with E-state index in [0.717, 1.165) is 19.2 Å². The van der Waals surface area contributed by atoms with E-state index in [4.69, 9.17) is 0 Å². The van der Waals surface area contributed by atoms with Crippen LogP contribution in [0.5, 0.6) is 0 Å². The van der Waals surface area contributed by atoms with Gasteiger partial charge in [0, 0.05) is 45.1 Å². The van der Waals surface area contributed by atoms with Gasteiger partial charge in [-0.2, -0.15) is 0 Å². The highest BCUT2D eigenvalue weighted by molar-refractivity contribution is 14.0. The first-order valence-electron chi connectivity index (χ1n) is 7.17. The summed E-state index contributed by atoms with van der Waals surface area (Å²) >= 11 is 0. The number of nitrogens with one attached hydrogen (secondary N) is 2. The van der Waals surface area contributed by atoms with Crippen LogP contribution in [-0.4, -0.2) is 30.7 Å². The minimum Gasteiger partial charge on any atom is -0.356 e. The van der Waals surface area contributed by atoms with E-state index >= 15 is 0 Å². The van der Waals surface area contributed by atoms with Crippen molar-refractivity contribution in [2.45, 2.75) is 13.0 Å². The van der Waals surface area contributed by atoms with Gasteiger partial charge in [-0.15, -0.1) is 24.0 Å². The lowest BCUT2D eigenvalue weighted by molar-refractivity contribution is 0.579. The molecule has 23 heavy (non-hydrogen) atoms. The van der Waals surface area contributed by atoms with Crippen molar-refractivity contribution in [2.75, 3.05) is 20.1 Å². The van der Waals surface area contributed by atoms with Crippen molar-refractivity contribution in [2.24, 2.45) is 4.99 Å². The van der Waals surface area contributed by atoms with Crippen molar-refractivity contribution in [3.05, 3.63) is 59.9 Å². The van der Waals surface area contributed by atoms with E-state index < -0.39 is 11.6 Å². The van der Waals surface area contributed by atoms with Crippen molar-refractivity contribution >= 4 is 29.9 Å². The van der Waals surface area contributed by atoms with Gasteiger partial charge >= 0.3 is 0 Å². The molecule has 0 amide bonds. The number of halogens is 3. The molecule has 0 radical (unpaired) electrons. The van der Waals surface area contributed by atoms with Gasteiger partial charge in [-0.05, 0) is 36.2 Å². The molecule has 0 spiro atoms. The van der Waals surface area contributed by atoms with Gasteiger partial charge in [0.2, 0.25) is 0 Å². The number of guanidine groups is 1. The quantitative estimate of drug-likeness (QED) is 0.417. The minimum atomic E-state index is -0.552. The largest absolute Gasteiger partial charge is 0.356 e. The highest BCUT2D eigenvalue weighted by Crippen LogP contribution is 2.07. The number of rotatable bonds is 6. The Bertz CT molecular complexity index is 594. The Kier molecular flexibility index (Phi) is 8.60. The van der Waals surface area contributed by atoms with Gasteiger partial charge < -0.3 is 15.2 Å². The monoisotopic (exact) mass is 434 g/mol. The van der Waals surface area contributed by atoms with Crippen molar-refractivity contribution in [3.8, 4) is 0 Å². The third-order valence-electron chi connectivity index (χ3n) is 3.18. The van der Waals surface area contributed by atoms with Gasteiger partial charge in [-0.3, -0.25) is 4.99 Å². The highest BCUT2D eigenvalue weighted by Gasteiger charge is 2.02. The summed E-state index contributed by atoms with van der Waals surface area (Å²) in [5.74, 6) is -0.433. The lowest BCUT2D eigenvalue weighted by atomic mass is 10.1. The maximum Gasteiger partial charge on any atom is 0.191 e. The van der Waals surface area contributed by atoms with E-state index in [1.807, 2.05) is 24.5 Å². The molecule has 2 aromatic rings. The summed E-state index contributed by atoms with van der Waals surface area (Å²) in [5.41, 5.74) is 0.618. The molecular formula is C16H21F2IN4. The van der Waals surface area contributed by atoms with Gasteiger partial charge in [0.1, 0.15) is 11.6 Å². The zero-order valence-electron chi connectivity index (χ0n) is 12.9. The van der Waals surface area contributed by atoms with Crippen LogP contribution in [0.25, 0.3) is 0 Å². The predicted octanol–water partition coefficient (Wildman–Crippen LogP) is 2.79. The second-order valence-electron chi connectivity index (χ2n) is 4.87. The summed E-state index contributed by atoms with van der Waals surface area (Å²) in [7, 11) is 1.69. The van der Waals surface area contributed by atoms with Crippen LogP contribution >= 0.6 is 24.0 Å². The van der Waals surface area contributed by atoms with Gasteiger partial charge in [-0.1, -0.05) is 0 Å². The average Bonchev–Trinajstić information content (AvgIpc) is 2.98. The van der Waals surface area contributed by atoms with Crippen LogP contribution in [0.3, 0.4) is 0 Å².